The van der Waals surface area contributed by atoms with Crippen molar-refractivity contribution in [2.75, 3.05) is 38.2 Å². The van der Waals surface area contributed by atoms with Crippen LogP contribution in [0.4, 0.5) is 5.88 Å². The van der Waals surface area contributed by atoms with Crippen LogP contribution < -0.4 is 15.0 Å². The second kappa shape index (κ2) is 5.65. The molecule has 5 nitrogen and oxygen atoms in total. The Labute approximate surface area is 130 Å². The molecular formula is C17H21N3O2. The Morgan fingerprint density at radius 2 is 2.18 bits per heavy atom. The second-order valence-electron chi connectivity index (χ2n) is 5.93. The predicted octanol–water partition coefficient (Wildman–Crippen LogP) is 2.25. The lowest BCUT2D eigenvalue weighted by Gasteiger charge is -2.21. The van der Waals surface area contributed by atoms with E-state index in [4.69, 9.17) is 9.26 Å². The number of hydrogen-bond acceptors (Lipinski definition) is 5. The minimum absolute atomic E-state index is 0.870. The third-order valence-corrected chi connectivity index (χ3v) is 4.61. The van der Waals surface area contributed by atoms with Gasteiger partial charge in [-0.25, -0.2) is 0 Å². The molecule has 1 fully saturated rings. The molecule has 2 aliphatic rings. The van der Waals surface area contributed by atoms with E-state index in [1.807, 2.05) is 6.07 Å². The van der Waals surface area contributed by atoms with Crippen molar-refractivity contribution in [3.05, 3.63) is 29.3 Å². The minimum Gasteiger partial charge on any atom is -0.497 e. The molecule has 0 radical (unpaired) electrons. The van der Waals surface area contributed by atoms with Gasteiger partial charge in [0.25, 0.3) is 0 Å². The van der Waals surface area contributed by atoms with Crippen molar-refractivity contribution in [2.45, 2.75) is 19.3 Å². The summed E-state index contributed by atoms with van der Waals surface area (Å²) in [6.07, 6.45) is 3.17. The summed E-state index contributed by atoms with van der Waals surface area (Å²) in [7, 11) is 1.70. The third kappa shape index (κ3) is 2.25. The highest BCUT2D eigenvalue weighted by molar-refractivity contribution is 5.74. The zero-order valence-corrected chi connectivity index (χ0v) is 12.9. The molecule has 1 aromatic heterocycles. The smallest absolute Gasteiger partial charge is 0.231 e. The van der Waals surface area contributed by atoms with Gasteiger partial charge in [0.1, 0.15) is 11.4 Å². The van der Waals surface area contributed by atoms with Gasteiger partial charge in [0.2, 0.25) is 5.88 Å². The normalized spacial score (nSPS) is 17.6. The Bertz CT molecular complexity index is 673. The van der Waals surface area contributed by atoms with Crippen LogP contribution in [0.15, 0.2) is 22.7 Å². The van der Waals surface area contributed by atoms with Crippen molar-refractivity contribution >= 4 is 5.88 Å². The maximum atomic E-state index is 5.75. The molecule has 0 amide bonds. The Balaban J connectivity index is 1.73. The SMILES string of the molecule is COc1ccc2c(c1)-c1noc(N3CCCNCC3)c1CC2. The van der Waals surface area contributed by atoms with Crippen molar-refractivity contribution in [3.8, 4) is 17.0 Å². The highest BCUT2D eigenvalue weighted by atomic mass is 16.5. The van der Waals surface area contributed by atoms with E-state index in [2.05, 4.69) is 27.5 Å². The van der Waals surface area contributed by atoms with E-state index in [9.17, 15) is 0 Å². The number of nitrogens with zero attached hydrogens (tertiary/aromatic N) is 2. The number of rotatable bonds is 2. The van der Waals surface area contributed by atoms with Crippen LogP contribution in [0, 0.1) is 0 Å². The van der Waals surface area contributed by atoms with Gasteiger partial charge in [-0.15, -0.1) is 0 Å². The molecule has 0 bridgehead atoms. The molecule has 0 spiro atoms. The Morgan fingerprint density at radius 3 is 3.09 bits per heavy atom. The highest BCUT2D eigenvalue weighted by Crippen LogP contribution is 2.39. The van der Waals surface area contributed by atoms with Crippen LogP contribution >= 0.6 is 0 Å². The van der Waals surface area contributed by atoms with Crippen LogP contribution in [0.1, 0.15) is 17.5 Å². The summed E-state index contributed by atoms with van der Waals surface area (Å²) in [5.74, 6) is 1.84. The average Bonchev–Trinajstić information content (AvgIpc) is 2.81. The lowest BCUT2D eigenvalue weighted by molar-refractivity contribution is 0.414. The number of nitrogens with one attached hydrogen (secondary N) is 1. The van der Waals surface area contributed by atoms with Crippen LogP contribution in [-0.2, 0) is 12.8 Å². The first kappa shape index (κ1) is 13.6. The maximum absolute atomic E-state index is 5.75. The topological polar surface area (TPSA) is 50.5 Å². The zero-order valence-electron chi connectivity index (χ0n) is 12.9. The van der Waals surface area contributed by atoms with Crippen molar-refractivity contribution in [1.29, 1.82) is 0 Å². The molecule has 0 saturated carbocycles. The Morgan fingerprint density at radius 1 is 1.23 bits per heavy atom. The first-order valence-corrected chi connectivity index (χ1v) is 7.98. The van der Waals surface area contributed by atoms with Gasteiger partial charge < -0.3 is 19.5 Å². The standard InChI is InChI=1S/C17H21N3O2/c1-21-13-5-3-12-4-6-14-16(15(12)11-13)19-22-17(14)20-9-2-7-18-8-10-20/h3,5,11,18H,2,4,6-10H2,1H3. The van der Waals surface area contributed by atoms with Crippen molar-refractivity contribution in [3.63, 3.8) is 0 Å². The largest absolute Gasteiger partial charge is 0.497 e. The van der Waals surface area contributed by atoms with E-state index in [1.165, 1.54) is 11.1 Å². The molecular weight excluding hydrogens is 278 g/mol. The van der Waals surface area contributed by atoms with E-state index in [0.717, 1.165) is 68.3 Å². The zero-order chi connectivity index (χ0) is 14.9. The number of ether oxygens (including phenoxy) is 1. The lowest BCUT2D eigenvalue weighted by Crippen LogP contribution is -2.28. The average molecular weight is 299 g/mol. The van der Waals surface area contributed by atoms with Gasteiger partial charge in [0.05, 0.1) is 7.11 Å². The van der Waals surface area contributed by atoms with E-state index >= 15 is 0 Å². The fraction of sp³-hybridized carbons (Fsp3) is 0.471. The maximum Gasteiger partial charge on any atom is 0.231 e. The highest BCUT2D eigenvalue weighted by Gasteiger charge is 2.27. The molecule has 0 unspecified atom stereocenters. The summed E-state index contributed by atoms with van der Waals surface area (Å²) in [5, 5.41) is 7.82. The van der Waals surface area contributed by atoms with E-state index in [1.54, 1.807) is 7.11 Å². The number of aryl methyl sites for hydroxylation is 1. The summed E-state index contributed by atoms with van der Waals surface area (Å²) < 4.78 is 11.1. The molecule has 2 heterocycles. The van der Waals surface area contributed by atoms with Gasteiger partial charge in [-0.3, -0.25) is 0 Å². The summed E-state index contributed by atoms with van der Waals surface area (Å²) in [5.41, 5.74) is 4.73. The van der Waals surface area contributed by atoms with Gasteiger partial charge in [-0.1, -0.05) is 11.2 Å². The Kier molecular flexibility index (Phi) is 3.50. The van der Waals surface area contributed by atoms with Crippen LogP contribution in [0.2, 0.25) is 0 Å². The van der Waals surface area contributed by atoms with Crippen LogP contribution in [0.5, 0.6) is 5.75 Å². The number of methoxy groups -OCH3 is 1. The van der Waals surface area contributed by atoms with Gasteiger partial charge in [0.15, 0.2) is 0 Å². The van der Waals surface area contributed by atoms with Gasteiger partial charge in [0, 0.05) is 30.8 Å². The number of hydrogen-bond donors (Lipinski definition) is 1. The molecule has 0 atom stereocenters. The van der Waals surface area contributed by atoms with Crippen LogP contribution in [-0.4, -0.2) is 38.4 Å². The fourth-order valence-electron chi connectivity index (χ4n) is 3.42. The van der Waals surface area contributed by atoms with Crippen molar-refractivity contribution < 1.29 is 9.26 Å². The molecule has 1 saturated heterocycles. The molecule has 1 N–H and O–H groups in total. The van der Waals surface area contributed by atoms with Crippen LogP contribution in [0.3, 0.4) is 0 Å². The molecule has 22 heavy (non-hydrogen) atoms. The van der Waals surface area contributed by atoms with Gasteiger partial charge >= 0.3 is 0 Å². The third-order valence-electron chi connectivity index (χ3n) is 4.61. The quantitative estimate of drug-likeness (QED) is 0.921. The van der Waals surface area contributed by atoms with Crippen molar-refractivity contribution in [2.24, 2.45) is 0 Å². The summed E-state index contributed by atoms with van der Waals surface area (Å²) >= 11 is 0. The molecule has 1 aromatic carbocycles. The number of fused-ring (bicyclic) bond motifs is 3. The molecule has 1 aliphatic carbocycles. The number of anilines is 1. The lowest BCUT2D eigenvalue weighted by atomic mass is 9.89. The van der Waals surface area contributed by atoms with Gasteiger partial charge in [-0.2, -0.15) is 0 Å². The molecule has 116 valence electrons. The molecule has 2 aromatic rings. The number of benzene rings is 1. The van der Waals surface area contributed by atoms with Gasteiger partial charge in [-0.05, 0) is 43.5 Å². The van der Waals surface area contributed by atoms with E-state index in [-0.39, 0.29) is 0 Å². The summed E-state index contributed by atoms with van der Waals surface area (Å²) in [6.45, 7) is 4.08. The van der Waals surface area contributed by atoms with E-state index < -0.39 is 0 Å². The first-order valence-electron chi connectivity index (χ1n) is 7.98. The molecule has 4 rings (SSSR count). The minimum atomic E-state index is 0.870. The summed E-state index contributed by atoms with van der Waals surface area (Å²) in [4.78, 5) is 2.33. The van der Waals surface area contributed by atoms with E-state index in [0.29, 0.717) is 0 Å². The number of aromatic nitrogens is 1. The van der Waals surface area contributed by atoms with Crippen LogP contribution in [0.25, 0.3) is 11.3 Å². The fourth-order valence-corrected chi connectivity index (χ4v) is 3.42. The summed E-state index contributed by atoms with van der Waals surface area (Å²) in [6, 6.07) is 6.23. The first-order chi connectivity index (χ1) is 10.9. The second-order valence-corrected chi connectivity index (χ2v) is 5.93. The predicted molar refractivity (Wildman–Crippen MR) is 85.6 cm³/mol. The monoisotopic (exact) mass is 299 g/mol. The van der Waals surface area contributed by atoms with Crippen molar-refractivity contribution in [1.82, 2.24) is 10.5 Å². The molecule has 5 heteroatoms. The Hall–Kier alpha value is -2.01. The molecule has 1 aliphatic heterocycles.